The number of nitrogens with zero attached hydrogens (tertiary/aromatic N) is 2. The number of rotatable bonds is 14. The van der Waals surface area contributed by atoms with Gasteiger partial charge in [0.1, 0.15) is 31.1 Å². The molecule has 3 rings (SSSR count). The third kappa shape index (κ3) is 6.79. The van der Waals surface area contributed by atoms with Crippen molar-refractivity contribution in [1.29, 1.82) is 0 Å². The van der Waals surface area contributed by atoms with Crippen LogP contribution >= 0.6 is 0 Å². The van der Waals surface area contributed by atoms with Crippen LogP contribution in [0.3, 0.4) is 0 Å². The summed E-state index contributed by atoms with van der Waals surface area (Å²) in [6.07, 6.45) is 6.46. The van der Waals surface area contributed by atoms with Crippen molar-refractivity contribution >= 4 is 20.4 Å². The smallest absolute Gasteiger partial charge is 0.410 e. The summed E-state index contributed by atoms with van der Waals surface area (Å²) in [4.78, 5) is 33.1. The predicted molar refractivity (Wildman–Crippen MR) is 138 cm³/mol. The standard InChI is InChI=1S/C26H42N2O7Si/c1-6-9-15-36(4,5)34-18-22(29)24-21-17-19(23(28(21)35-24)25(30)32-13-7-2)16-20-11-10-12-27(20)26(31)33-14-8-3/h7-8,20-22,24,29H,2-3,6,9-18H2,1,4-5H3/t20?,21-,22-,24+/m1/s1. The second kappa shape index (κ2) is 12.9. The number of fused-ring (bicyclic) bond motifs is 1. The van der Waals surface area contributed by atoms with Crippen molar-refractivity contribution in [3.63, 3.8) is 0 Å². The molecule has 0 aromatic heterocycles. The minimum atomic E-state index is -1.85. The number of aliphatic hydroxyl groups excluding tert-OH is 1. The molecule has 2 saturated heterocycles. The van der Waals surface area contributed by atoms with E-state index < -0.39 is 26.5 Å². The van der Waals surface area contributed by atoms with Crippen LogP contribution in [0.15, 0.2) is 36.6 Å². The predicted octanol–water partition coefficient (Wildman–Crippen LogP) is 3.92. The van der Waals surface area contributed by atoms with Crippen molar-refractivity contribution in [3.8, 4) is 0 Å². The van der Waals surface area contributed by atoms with E-state index in [9.17, 15) is 14.7 Å². The second-order valence-corrected chi connectivity index (χ2v) is 14.6. The number of hydroxylamine groups is 2. The first-order chi connectivity index (χ1) is 17.2. The molecule has 0 aromatic carbocycles. The molecule has 1 N–H and O–H groups in total. The number of amides is 1. The second-order valence-electron chi connectivity index (χ2n) is 10.3. The number of esters is 1. The number of carbonyl (C=O) groups is 2. The van der Waals surface area contributed by atoms with Gasteiger partial charge in [0.15, 0.2) is 8.32 Å². The molecule has 3 heterocycles. The van der Waals surface area contributed by atoms with Gasteiger partial charge in [0.05, 0.1) is 12.6 Å². The number of unbranched alkanes of at least 4 members (excludes halogenated alkanes) is 1. The van der Waals surface area contributed by atoms with E-state index in [0.29, 0.717) is 25.1 Å². The number of likely N-dealkylation sites (tertiary alicyclic amines) is 1. The molecule has 9 nitrogen and oxygen atoms in total. The lowest BCUT2D eigenvalue weighted by molar-refractivity contribution is -0.332. The molecule has 10 heteroatoms. The van der Waals surface area contributed by atoms with Crippen molar-refractivity contribution in [2.24, 2.45) is 0 Å². The Bertz CT molecular complexity index is 846. The minimum Gasteiger partial charge on any atom is -0.457 e. The highest BCUT2D eigenvalue weighted by Gasteiger charge is 2.53. The lowest BCUT2D eigenvalue weighted by Crippen LogP contribution is -2.61. The maximum Gasteiger partial charge on any atom is 0.410 e. The normalized spacial score (nSPS) is 24.3. The fourth-order valence-corrected chi connectivity index (χ4v) is 7.06. The lowest BCUT2D eigenvalue weighted by Gasteiger charge is -2.46. The number of aliphatic hydroxyl groups is 1. The van der Waals surface area contributed by atoms with E-state index in [1.165, 1.54) is 6.08 Å². The van der Waals surface area contributed by atoms with E-state index in [1.54, 1.807) is 16.0 Å². The van der Waals surface area contributed by atoms with Gasteiger partial charge in [0.2, 0.25) is 0 Å². The quantitative estimate of drug-likeness (QED) is 0.208. The number of carbonyl (C=O) groups excluding carboxylic acids is 2. The summed E-state index contributed by atoms with van der Waals surface area (Å²) in [6, 6.07) is 0.804. The van der Waals surface area contributed by atoms with Crippen LogP contribution in [0.25, 0.3) is 0 Å². The maximum absolute atomic E-state index is 12.9. The largest absolute Gasteiger partial charge is 0.457 e. The minimum absolute atomic E-state index is 0.0738. The first-order valence-electron chi connectivity index (χ1n) is 13.0. The van der Waals surface area contributed by atoms with E-state index in [1.807, 2.05) is 0 Å². The van der Waals surface area contributed by atoms with E-state index >= 15 is 0 Å². The Morgan fingerprint density at radius 1 is 1.25 bits per heavy atom. The zero-order chi connectivity index (χ0) is 26.3. The highest BCUT2D eigenvalue weighted by molar-refractivity contribution is 6.71. The van der Waals surface area contributed by atoms with Gasteiger partial charge in [-0.3, -0.25) is 4.84 Å². The molecular weight excluding hydrogens is 480 g/mol. The summed E-state index contributed by atoms with van der Waals surface area (Å²) in [7, 11) is -1.85. The first-order valence-corrected chi connectivity index (χ1v) is 16.2. The third-order valence-electron chi connectivity index (χ3n) is 7.03. The average Bonchev–Trinajstić information content (AvgIpc) is 3.41. The van der Waals surface area contributed by atoms with Crippen molar-refractivity contribution in [1.82, 2.24) is 9.96 Å². The zero-order valence-electron chi connectivity index (χ0n) is 21.9. The third-order valence-corrected chi connectivity index (χ3v) is 9.53. The van der Waals surface area contributed by atoms with Crippen molar-refractivity contribution in [3.05, 3.63) is 36.6 Å². The fraction of sp³-hybridized carbons (Fsp3) is 0.692. The molecule has 2 fully saturated rings. The van der Waals surface area contributed by atoms with E-state index in [4.69, 9.17) is 18.7 Å². The van der Waals surface area contributed by atoms with E-state index in [-0.39, 0.29) is 38.0 Å². The molecule has 0 spiro atoms. The topological polar surface area (TPSA) is 97.8 Å². The van der Waals surface area contributed by atoms with Gasteiger partial charge < -0.3 is 23.9 Å². The number of hydrogen-bond donors (Lipinski definition) is 1. The molecule has 1 unspecified atom stereocenters. The van der Waals surface area contributed by atoms with E-state index in [0.717, 1.165) is 37.3 Å². The molecule has 4 atom stereocenters. The van der Waals surface area contributed by atoms with Gasteiger partial charge in [-0.1, -0.05) is 45.1 Å². The molecule has 0 radical (unpaired) electrons. The van der Waals surface area contributed by atoms with Crippen LogP contribution in [0.4, 0.5) is 4.79 Å². The molecule has 0 bridgehead atoms. The van der Waals surface area contributed by atoms with Gasteiger partial charge in [-0.25, -0.2) is 14.7 Å². The Morgan fingerprint density at radius 2 is 1.97 bits per heavy atom. The summed E-state index contributed by atoms with van der Waals surface area (Å²) >= 11 is 0. The maximum atomic E-state index is 12.9. The van der Waals surface area contributed by atoms with Crippen molar-refractivity contribution < 1.29 is 33.4 Å². The molecule has 36 heavy (non-hydrogen) atoms. The highest BCUT2D eigenvalue weighted by Crippen LogP contribution is 2.44. The van der Waals surface area contributed by atoms with Crippen LogP contribution in [0.5, 0.6) is 0 Å². The van der Waals surface area contributed by atoms with Crippen LogP contribution in [0.1, 0.15) is 45.4 Å². The molecule has 0 aliphatic carbocycles. The van der Waals surface area contributed by atoms with Crippen LogP contribution in [-0.2, 0) is 23.5 Å². The van der Waals surface area contributed by atoms with Crippen molar-refractivity contribution in [2.45, 2.75) is 88.9 Å². The summed E-state index contributed by atoms with van der Waals surface area (Å²) in [6.45, 7) is 14.8. The summed E-state index contributed by atoms with van der Waals surface area (Å²) in [5.74, 6) is -0.483. The summed E-state index contributed by atoms with van der Waals surface area (Å²) < 4.78 is 16.7. The average molecular weight is 523 g/mol. The number of hydrogen-bond acceptors (Lipinski definition) is 8. The molecule has 1 amide bonds. The number of ether oxygens (including phenoxy) is 2. The molecule has 3 aliphatic rings. The van der Waals surface area contributed by atoms with Gasteiger partial charge in [0, 0.05) is 12.6 Å². The SMILES string of the molecule is C=CCOC(=O)C1=C(CC2CCCN2C(=O)OCC=C)C[C@@H]2[C@@H]([C@H](O)CO[Si](C)(C)CCCC)ON12. The van der Waals surface area contributed by atoms with Gasteiger partial charge >= 0.3 is 12.1 Å². The fourth-order valence-electron chi connectivity index (χ4n) is 5.08. The molecule has 0 aromatic rings. The van der Waals surface area contributed by atoms with Crippen molar-refractivity contribution in [2.75, 3.05) is 26.4 Å². The van der Waals surface area contributed by atoms with Gasteiger partial charge in [-0.15, -0.1) is 0 Å². The zero-order valence-corrected chi connectivity index (χ0v) is 22.9. The van der Waals surface area contributed by atoms with Crippen LogP contribution < -0.4 is 0 Å². The van der Waals surface area contributed by atoms with Crippen LogP contribution in [0.2, 0.25) is 19.1 Å². The Labute approximate surface area is 215 Å². The Hall–Kier alpha value is -2.14. The van der Waals surface area contributed by atoms with Gasteiger partial charge in [-0.2, -0.15) is 0 Å². The Kier molecular flexibility index (Phi) is 10.2. The Balaban J connectivity index is 1.67. The van der Waals surface area contributed by atoms with Crippen LogP contribution in [-0.4, -0.2) is 86.1 Å². The highest BCUT2D eigenvalue weighted by atomic mass is 28.4. The summed E-state index contributed by atoms with van der Waals surface area (Å²) in [5.41, 5.74) is 1.24. The first kappa shape index (κ1) is 28.4. The van der Waals surface area contributed by atoms with Crippen LogP contribution in [0, 0.1) is 0 Å². The van der Waals surface area contributed by atoms with E-state index in [2.05, 4.69) is 33.2 Å². The molecule has 3 aliphatic heterocycles. The molecule has 202 valence electrons. The molecular formula is C26H42N2O7Si. The van der Waals surface area contributed by atoms with Gasteiger partial charge in [-0.05, 0) is 50.4 Å². The van der Waals surface area contributed by atoms with Gasteiger partial charge in [0.25, 0.3) is 0 Å². The monoisotopic (exact) mass is 522 g/mol. The lowest BCUT2D eigenvalue weighted by atomic mass is 9.95. The molecule has 0 saturated carbocycles. The Morgan fingerprint density at radius 3 is 2.67 bits per heavy atom. The summed E-state index contributed by atoms with van der Waals surface area (Å²) in [5, 5.41) is 12.4.